The second-order valence-electron chi connectivity index (χ2n) is 5.89. The minimum absolute atomic E-state index is 0.0865. The van der Waals surface area contributed by atoms with Gasteiger partial charge in [0.2, 0.25) is 0 Å². The van der Waals surface area contributed by atoms with Gasteiger partial charge in [0.25, 0.3) is 0 Å². The van der Waals surface area contributed by atoms with Crippen LogP contribution in [0.1, 0.15) is 18.2 Å². The smallest absolute Gasteiger partial charge is 0.323 e. The number of anilines is 1. The molecule has 2 amide bonds. The zero-order chi connectivity index (χ0) is 18.6. The molecule has 0 saturated carbocycles. The monoisotopic (exact) mass is 352 g/mol. The zero-order valence-corrected chi connectivity index (χ0v) is 14.7. The number of halogens is 2. The first kappa shape index (κ1) is 18.9. The molecule has 0 spiro atoms. The molecule has 1 atom stereocenters. The van der Waals surface area contributed by atoms with E-state index in [2.05, 4.69) is 10.4 Å². The number of hydrogen-bond donors (Lipinski definition) is 1. The molecule has 0 aliphatic carbocycles. The van der Waals surface area contributed by atoms with Gasteiger partial charge >= 0.3 is 6.03 Å². The second-order valence-corrected chi connectivity index (χ2v) is 5.89. The number of carbonyl (C=O) groups is 1. The highest BCUT2D eigenvalue weighted by atomic mass is 19.1. The number of aryl methyl sites for hydroxylation is 2. The lowest BCUT2D eigenvalue weighted by Crippen LogP contribution is -2.43. The van der Waals surface area contributed by atoms with Crippen molar-refractivity contribution in [1.29, 1.82) is 0 Å². The number of nitrogens with one attached hydrogen (secondary N) is 1. The van der Waals surface area contributed by atoms with Gasteiger partial charge in [0.05, 0.1) is 24.9 Å². The highest BCUT2D eigenvalue weighted by molar-refractivity contribution is 5.88. The molecule has 0 saturated heterocycles. The molecule has 0 aliphatic rings. The summed E-state index contributed by atoms with van der Waals surface area (Å²) in [5.41, 5.74) is 0.852. The number of benzene rings is 1. The maximum atomic E-state index is 14.0. The highest BCUT2D eigenvalue weighted by Crippen LogP contribution is 2.17. The Kier molecular flexibility index (Phi) is 6.08. The molecule has 1 aromatic heterocycles. The Morgan fingerprint density at radius 3 is 2.72 bits per heavy atom. The molecule has 8 heteroatoms. The van der Waals surface area contributed by atoms with Crippen molar-refractivity contribution >= 4 is 11.8 Å². The summed E-state index contributed by atoms with van der Waals surface area (Å²) in [5.74, 6) is -0.615. The third-order valence-electron chi connectivity index (χ3n) is 3.79. The van der Waals surface area contributed by atoms with E-state index in [0.29, 0.717) is 5.82 Å². The fourth-order valence-corrected chi connectivity index (χ4v) is 2.52. The summed E-state index contributed by atoms with van der Waals surface area (Å²) in [5, 5.41) is 6.90. The molecule has 25 heavy (non-hydrogen) atoms. The van der Waals surface area contributed by atoms with Gasteiger partial charge < -0.3 is 9.64 Å². The predicted octanol–water partition coefficient (Wildman–Crippen LogP) is 3.08. The molecule has 6 nitrogen and oxygen atoms in total. The topological polar surface area (TPSA) is 59.4 Å². The Hall–Kier alpha value is -2.48. The van der Waals surface area contributed by atoms with Crippen molar-refractivity contribution < 1.29 is 18.3 Å². The van der Waals surface area contributed by atoms with E-state index in [1.54, 1.807) is 20.0 Å². The van der Waals surface area contributed by atoms with Crippen LogP contribution in [0.15, 0.2) is 24.3 Å². The second kappa shape index (κ2) is 8.06. The van der Waals surface area contributed by atoms with Gasteiger partial charge in [0.15, 0.2) is 0 Å². The number of urea groups is 1. The van der Waals surface area contributed by atoms with E-state index in [0.717, 1.165) is 23.9 Å². The van der Waals surface area contributed by atoms with E-state index in [4.69, 9.17) is 4.74 Å². The van der Waals surface area contributed by atoms with E-state index in [1.807, 2.05) is 6.92 Å². The zero-order valence-electron chi connectivity index (χ0n) is 14.7. The van der Waals surface area contributed by atoms with Crippen LogP contribution in [0.3, 0.4) is 0 Å². The fourth-order valence-electron chi connectivity index (χ4n) is 2.52. The Morgan fingerprint density at radius 2 is 2.12 bits per heavy atom. The predicted molar refractivity (Wildman–Crippen MR) is 90.2 cm³/mol. The van der Waals surface area contributed by atoms with Crippen LogP contribution in [0, 0.1) is 18.6 Å². The van der Waals surface area contributed by atoms with Crippen LogP contribution < -0.4 is 5.32 Å². The van der Waals surface area contributed by atoms with Crippen LogP contribution >= 0.6 is 0 Å². The Bertz CT molecular complexity index is 748. The van der Waals surface area contributed by atoms with Gasteiger partial charge in [-0.25, -0.2) is 13.6 Å². The molecule has 0 radical (unpaired) electrons. The third-order valence-corrected chi connectivity index (χ3v) is 3.79. The van der Waals surface area contributed by atoms with Crippen LogP contribution in [0.5, 0.6) is 0 Å². The van der Waals surface area contributed by atoms with Crippen molar-refractivity contribution in [2.45, 2.75) is 26.4 Å². The molecule has 2 aromatic rings. The van der Waals surface area contributed by atoms with E-state index in [1.165, 1.54) is 16.7 Å². The molecule has 0 bridgehead atoms. The summed E-state index contributed by atoms with van der Waals surface area (Å²) in [6, 6.07) is 4.11. The number of nitrogens with zero attached hydrogens (tertiary/aromatic N) is 3. The first-order chi connectivity index (χ1) is 11.8. The molecular formula is C17H22F2N4O2. The van der Waals surface area contributed by atoms with E-state index in [9.17, 15) is 13.6 Å². The number of aromatic nitrogens is 2. The van der Waals surface area contributed by atoms with Gasteiger partial charge in [-0.1, -0.05) is 0 Å². The summed E-state index contributed by atoms with van der Waals surface area (Å²) in [6.07, 6.45) is 0. The Morgan fingerprint density at radius 1 is 1.40 bits per heavy atom. The van der Waals surface area contributed by atoms with Crippen LogP contribution in [-0.2, 0) is 18.3 Å². The van der Waals surface area contributed by atoms with E-state index < -0.39 is 17.7 Å². The number of rotatable bonds is 6. The molecule has 2 rings (SSSR count). The van der Waals surface area contributed by atoms with Gasteiger partial charge in [-0.15, -0.1) is 0 Å². The molecule has 0 aliphatic heterocycles. The van der Waals surface area contributed by atoms with Crippen molar-refractivity contribution in [2.75, 3.05) is 19.0 Å². The third kappa shape index (κ3) is 4.76. The van der Waals surface area contributed by atoms with Crippen molar-refractivity contribution in [3.63, 3.8) is 0 Å². The van der Waals surface area contributed by atoms with Crippen LogP contribution in [0.2, 0.25) is 0 Å². The lowest BCUT2D eigenvalue weighted by atomic mass is 10.1. The fraction of sp³-hybridized carbons (Fsp3) is 0.412. The van der Waals surface area contributed by atoms with Gasteiger partial charge in [-0.2, -0.15) is 5.10 Å². The average Bonchev–Trinajstić information content (AvgIpc) is 2.85. The molecule has 1 heterocycles. The average molecular weight is 352 g/mol. The van der Waals surface area contributed by atoms with Crippen molar-refractivity contribution in [2.24, 2.45) is 7.05 Å². The van der Waals surface area contributed by atoms with Gasteiger partial charge in [0, 0.05) is 25.8 Å². The maximum absolute atomic E-state index is 14.0. The SMILES string of the molecule is COCC(C)N(Cc1cc(F)ccc1F)C(=O)Nc1cc(C)nn1C. The van der Waals surface area contributed by atoms with Gasteiger partial charge in [-0.05, 0) is 32.0 Å². The molecule has 1 unspecified atom stereocenters. The summed E-state index contributed by atoms with van der Waals surface area (Å²) in [6.45, 7) is 3.75. The Balaban J connectivity index is 2.24. The number of methoxy groups -OCH3 is 1. The van der Waals surface area contributed by atoms with Crippen molar-refractivity contribution in [1.82, 2.24) is 14.7 Å². The summed E-state index contributed by atoms with van der Waals surface area (Å²) in [7, 11) is 3.22. The summed E-state index contributed by atoms with van der Waals surface area (Å²) >= 11 is 0. The number of carbonyl (C=O) groups excluding carboxylic acids is 1. The van der Waals surface area contributed by atoms with E-state index >= 15 is 0 Å². The van der Waals surface area contributed by atoms with Gasteiger partial charge in [0.1, 0.15) is 17.5 Å². The minimum Gasteiger partial charge on any atom is -0.383 e. The molecule has 1 N–H and O–H groups in total. The van der Waals surface area contributed by atoms with Crippen LogP contribution in [-0.4, -0.2) is 40.5 Å². The van der Waals surface area contributed by atoms with Crippen molar-refractivity contribution in [3.8, 4) is 0 Å². The van der Waals surface area contributed by atoms with Gasteiger partial charge in [-0.3, -0.25) is 10.00 Å². The quantitative estimate of drug-likeness (QED) is 0.869. The maximum Gasteiger partial charge on any atom is 0.323 e. The lowest BCUT2D eigenvalue weighted by Gasteiger charge is -2.29. The minimum atomic E-state index is -0.569. The molecular weight excluding hydrogens is 330 g/mol. The summed E-state index contributed by atoms with van der Waals surface area (Å²) < 4.78 is 34.0. The molecule has 0 fully saturated rings. The number of hydrogen-bond acceptors (Lipinski definition) is 3. The van der Waals surface area contributed by atoms with Crippen molar-refractivity contribution in [3.05, 3.63) is 47.2 Å². The Labute approximate surface area is 145 Å². The number of amides is 2. The van der Waals surface area contributed by atoms with Crippen LogP contribution in [0.4, 0.5) is 19.4 Å². The standard InChI is InChI=1S/C17H22F2N4O2/c1-11-7-16(22(3)21-11)20-17(24)23(12(2)10-25-4)9-13-8-14(18)5-6-15(13)19/h5-8,12H,9-10H2,1-4H3,(H,20,24). The first-order valence-corrected chi connectivity index (χ1v) is 7.83. The molecule has 1 aromatic carbocycles. The molecule has 136 valence electrons. The lowest BCUT2D eigenvalue weighted by molar-refractivity contribution is 0.112. The van der Waals surface area contributed by atoms with Crippen LogP contribution in [0.25, 0.3) is 0 Å². The largest absolute Gasteiger partial charge is 0.383 e. The van der Waals surface area contributed by atoms with E-state index in [-0.39, 0.29) is 24.8 Å². The normalized spacial score (nSPS) is 12.1. The highest BCUT2D eigenvalue weighted by Gasteiger charge is 2.23. The summed E-state index contributed by atoms with van der Waals surface area (Å²) in [4.78, 5) is 14.1. The first-order valence-electron chi connectivity index (χ1n) is 7.83. The number of ether oxygens (including phenoxy) is 1.